The summed E-state index contributed by atoms with van der Waals surface area (Å²) >= 11 is 0. The van der Waals surface area contributed by atoms with Crippen molar-refractivity contribution < 1.29 is 9.90 Å². The molecule has 0 aliphatic heterocycles. The first-order valence-corrected chi connectivity index (χ1v) is 6.67. The maximum absolute atomic E-state index is 11.4. The third-order valence-electron chi connectivity index (χ3n) is 3.75. The number of aliphatic hydroxyl groups excluding tert-OH is 1. The number of nitrogens with two attached hydrogens (primary N) is 1. The molecule has 1 saturated carbocycles. The van der Waals surface area contributed by atoms with Crippen LogP contribution in [0, 0.1) is 5.92 Å². The standard InChI is InChI=1S/C16H16N2O2/c17-16(20)15-8-11(13-6-12(13)9-19)7-14(18-15)10-4-2-1-3-5-10/h1-5,7-8,12-13,19H,6,9H2,(H2,17,20). The van der Waals surface area contributed by atoms with E-state index in [1.807, 2.05) is 36.4 Å². The number of rotatable bonds is 4. The Labute approximate surface area is 117 Å². The molecule has 1 fully saturated rings. The van der Waals surface area contributed by atoms with Gasteiger partial charge in [-0.05, 0) is 36.0 Å². The SMILES string of the molecule is NC(=O)c1cc(C2CC2CO)cc(-c2ccccc2)n1. The Morgan fingerprint density at radius 1 is 1.30 bits per heavy atom. The van der Waals surface area contributed by atoms with Crippen molar-refractivity contribution in [1.29, 1.82) is 0 Å². The molecule has 0 spiro atoms. The largest absolute Gasteiger partial charge is 0.396 e. The molecular weight excluding hydrogens is 252 g/mol. The fraction of sp³-hybridized carbons (Fsp3) is 0.250. The predicted octanol–water partition coefficient (Wildman–Crippen LogP) is 1.94. The van der Waals surface area contributed by atoms with Crippen LogP contribution < -0.4 is 5.73 Å². The summed E-state index contributed by atoms with van der Waals surface area (Å²) in [7, 11) is 0. The van der Waals surface area contributed by atoms with Gasteiger partial charge in [0, 0.05) is 12.2 Å². The number of aliphatic hydroxyl groups is 1. The number of pyridine rings is 1. The molecule has 20 heavy (non-hydrogen) atoms. The average Bonchev–Trinajstić information content (AvgIpc) is 3.27. The van der Waals surface area contributed by atoms with Crippen LogP contribution in [0.25, 0.3) is 11.3 Å². The normalized spacial score (nSPS) is 20.6. The summed E-state index contributed by atoms with van der Waals surface area (Å²) in [6, 6.07) is 13.4. The van der Waals surface area contributed by atoms with E-state index in [1.165, 1.54) is 0 Å². The van der Waals surface area contributed by atoms with Crippen molar-refractivity contribution in [3.8, 4) is 11.3 Å². The highest BCUT2D eigenvalue weighted by Gasteiger charge is 2.38. The highest BCUT2D eigenvalue weighted by molar-refractivity contribution is 5.91. The Hall–Kier alpha value is -2.20. The molecule has 1 aromatic heterocycles. The number of primary amides is 1. The van der Waals surface area contributed by atoms with Gasteiger partial charge in [-0.2, -0.15) is 0 Å². The molecule has 2 aromatic rings. The van der Waals surface area contributed by atoms with Crippen LogP contribution >= 0.6 is 0 Å². The molecular formula is C16H16N2O2. The average molecular weight is 268 g/mol. The van der Waals surface area contributed by atoms with Gasteiger partial charge in [0.05, 0.1) is 5.69 Å². The van der Waals surface area contributed by atoms with Crippen LogP contribution in [0.3, 0.4) is 0 Å². The van der Waals surface area contributed by atoms with Crippen LogP contribution in [0.1, 0.15) is 28.4 Å². The summed E-state index contributed by atoms with van der Waals surface area (Å²) < 4.78 is 0. The molecule has 3 N–H and O–H groups in total. The quantitative estimate of drug-likeness (QED) is 0.889. The van der Waals surface area contributed by atoms with Crippen LogP contribution in [0.2, 0.25) is 0 Å². The third-order valence-corrected chi connectivity index (χ3v) is 3.75. The minimum atomic E-state index is -0.523. The van der Waals surface area contributed by atoms with Crippen LogP contribution in [0.15, 0.2) is 42.5 Å². The van der Waals surface area contributed by atoms with E-state index in [9.17, 15) is 9.90 Å². The van der Waals surface area contributed by atoms with E-state index in [0.717, 1.165) is 23.2 Å². The molecule has 4 nitrogen and oxygen atoms in total. The van der Waals surface area contributed by atoms with Gasteiger partial charge in [0.1, 0.15) is 5.69 Å². The Balaban J connectivity index is 2.04. The molecule has 1 aliphatic rings. The van der Waals surface area contributed by atoms with Crippen LogP contribution in [-0.2, 0) is 0 Å². The third kappa shape index (κ3) is 2.42. The zero-order valence-corrected chi connectivity index (χ0v) is 11.0. The van der Waals surface area contributed by atoms with Gasteiger partial charge in [0.15, 0.2) is 0 Å². The number of nitrogens with zero attached hydrogens (tertiary/aromatic N) is 1. The van der Waals surface area contributed by atoms with E-state index in [-0.39, 0.29) is 12.3 Å². The molecule has 4 heteroatoms. The molecule has 0 saturated heterocycles. The summed E-state index contributed by atoms with van der Waals surface area (Å²) in [5.41, 5.74) is 8.39. The first-order chi connectivity index (χ1) is 9.69. The van der Waals surface area contributed by atoms with Crippen molar-refractivity contribution in [1.82, 2.24) is 4.98 Å². The van der Waals surface area contributed by atoms with Gasteiger partial charge in [-0.3, -0.25) is 4.79 Å². The molecule has 102 valence electrons. The molecule has 0 bridgehead atoms. The second kappa shape index (κ2) is 5.06. The molecule has 2 atom stereocenters. The summed E-state index contributed by atoms with van der Waals surface area (Å²) in [5, 5.41) is 9.20. The highest BCUT2D eigenvalue weighted by atomic mass is 16.3. The van der Waals surface area contributed by atoms with Crippen molar-refractivity contribution >= 4 is 5.91 Å². The van der Waals surface area contributed by atoms with E-state index in [4.69, 9.17) is 5.73 Å². The minimum absolute atomic E-state index is 0.180. The molecule has 3 rings (SSSR count). The summed E-state index contributed by atoms with van der Waals surface area (Å²) in [4.78, 5) is 15.8. The number of amides is 1. The van der Waals surface area contributed by atoms with Gasteiger partial charge >= 0.3 is 0 Å². The van der Waals surface area contributed by atoms with E-state index in [0.29, 0.717) is 11.8 Å². The molecule has 0 radical (unpaired) electrons. The summed E-state index contributed by atoms with van der Waals surface area (Å²) in [6.45, 7) is 0.180. The van der Waals surface area contributed by atoms with Crippen molar-refractivity contribution in [3.05, 3.63) is 53.7 Å². The number of aromatic nitrogens is 1. The Morgan fingerprint density at radius 3 is 2.65 bits per heavy atom. The maximum Gasteiger partial charge on any atom is 0.267 e. The number of carbonyl (C=O) groups is 1. The lowest BCUT2D eigenvalue weighted by molar-refractivity contribution is 0.0995. The Morgan fingerprint density at radius 2 is 2.05 bits per heavy atom. The second-order valence-electron chi connectivity index (χ2n) is 5.19. The first kappa shape index (κ1) is 12.8. The molecule has 1 heterocycles. The van der Waals surface area contributed by atoms with Gasteiger partial charge in [0.25, 0.3) is 5.91 Å². The number of hydrogen-bond acceptors (Lipinski definition) is 3. The predicted molar refractivity (Wildman–Crippen MR) is 76.1 cm³/mol. The van der Waals surface area contributed by atoms with Gasteiger partial charge in [0.2, 0.25) is 0 Å². The van der Waals surface area contributed by atoms with Crippen molar-refractivity contribution in [2.24, 2.45) is 11.7 Å². The lowest BCUT2D eigenvalue weighted by atomic mass is 10.0. The monoisotopic (exact) mass is 268 g/mol. The topological polar surface area (TPSA) is 76.2 Å². The van der Waals surface area contributed by atoms with Gasteiger partial charge in [-0.1, -0.05) is 30.3 Å². The summed E-state index contributed by atoms with van der Waals surface area (Å²) in [5.74, 6) is 0.0792. The Kier molecular flexibility index (Phi) is 3.24. The molecule has 1 aromatic carbocycles. The van der Waals surface area contributed by atoms with Gasteiger partial charge < -0.3 is 10.8 Å². The molecule has 1 amide bonds. The lowest BCUT2D eigenvalue weighted by Crippen LogP contribution is -2.14. The van der Waals surface area contributed by atoms with E-state index in [1.54, 1.807) is 6.07 Å². The zero-order chi connectivity index (χ0) is 14.1. The van der Waals surface area contributed by atoms with Crippen molar-refractivity contribution in [2.45, 2.75) is 12.3 Å². The molecule has 1 aliphatic carbocycles. The molecule has 2 unspecified atom stereocenters. The number of carbonyl (C=O) groups excluding carboxylic acids is 1. The number of benzene rings is 1. The van der Waals surface area contributed by atoms with Crippen LogP contribution in [0.4, 0.5) is 0 Å². The zero-order valence-electron chi connectivity index (χ0n) is 11.0. The summed E-state index contributed by atoms with van der Waals surface area (Å²) in [6.07, 6.45) is 0.951. The van der Waals surface area contributed by atoms with E-state index in [2.05, 4.69) is 4.98 Å². The van der Waals surface area contributed by atoms with E-state index >= 15 is 0 Å². The lowest BCUT2D eigenvalue weighted by Gasteiger charge is -2.07. The smallest absolute Gasteiger partial charge is 0.267 e. The second-order valence-corrected chi connectivity index (χ2v) is 5.19. The highest BCUT2D eigenvalue weighted by Crippen LogP contribution is 2.47. The van der Waals surface area contributed by atoms with Crippen LogP contribution in [0.5, 0.6) is 0 Å². The van der Waals surface area contributed by atoms with Crippen LogP contribution in [-0.4, -0.2) is 22.6 Å². The number of hydrogen-bond donors (Lipinski definition) is 2. The fourth-order valence-electron chi connectivity index (χ4n) is 2.51. The Bertz CT molecular complexity index is 640. The first-order valence-electron chi connectivity index (χ1n) is 6.67. The van der Waals surface area contributed by atoms with Gasteiger partial charge in [-0.25, -0.2) is 4.98 Å². The minimum Gasteiger partial charge on any atom is -0.396 e. The van der Waals surface area contributed by atoms with Crippen molar-refractivity contribution in [2.75, 3.05) is 6.61 Å². The van der Waals surface area contributed by atoms with E-state index < -0.39 is 5.91 Å². The fourth-order valence-corrected chi connectivity index (χ4v) is 2.51. The van der Waals surface area contributed by atoms with Gasteiger partial charge in [-0.15, -0.1) is 0 Å². The maximum atomic E-state index is 11.4. The van der Waals surface area contributed by atoms with Crippen molar-refractivity contribution in [3.63, 3.8) is 0 Å².